The molecule has 3 aromatic rings. The molecule has 0 bridgehead atoms. The van der Waals surface area contributed by atoms with Crippen molar-refractivity contribution < 1.29 is 9.59 Å². The number of amides is 2. The number of hydrazine groups is 1. The third kappa shape index (κ3) is 3.21. The van der Waals surface area contributed by atoms with E-state index in [1.54, 1.807) is 12.1 Å². The lowest BCUT2D eigenvalue weighted by Gasteiger charge is -2.07. The summed E-state index contributed by atoms with van der Waals surface area (Å²) in [4.78, 5) is 24.5. The van der Waals surface area contributed by atoms with Gasteiger partial charge in [0, 0.05) is 11.1 Å². The lowest BCUT2D eigenvalue weighted by atomic mass is 10.1. The van der Waals surface area contributed by atoms with E-state index in [1.807, 2.05) is 42.5 Å². The molecule has 1 aliphatic carbocycles. The van der Waals surface area contributed by atoms with E-state index in [0.717, 1.165) is 24.8 Å². The number of carbonyl (C=O) groups is 2. The van der Waals surface area contributed by atoms with E-state index in [0.29, 0.717) is 11.3 Å². The summed E-state index contributed by atoms with van der Waals surface area (Å²) < 4.78 is 0. The first-order valence-electron chi connectivity index (χ1n) is 8.54. The van der Waals surface area contributed by atoms with Crippen molar-refractivity contribution in [3.63, 3.8) is 0 Å². The SMILES string of the molecule is O=C(NNC(=O)c1cc(-c2ccccc2)n[nH]1)c1ccc2c(c1)CCC2. The van der Waals surface area contributed by atoms with Gasteiger partial charge in [0.15, 0.2) is 0 Å². The van der Waals surface area contributed by atoms with E-state index in [2.05, 4.69) is 21.0 Å². The molecular formula is C20H18N4O2. The van der Waals surface area contributed by atoms with E-state index in [-0.39, 0.29) is 11.6 Å². The number of hydrogen-bond acceptors (Lipinski definition) is 3. The van der Waals surface area contributed by atoms with E-state index in [1.165, 1.54) is 11.1 Å². The molecule has 0 radical (unpaired) electrons. The minimum absolute atomic E-state index is 0.276. The summed E-state index contributed by atoms with van der Waals surface area (Å²) in [6.45, 7) is 0. The number of H-pyrrole nitrogens is 1. The van der Waals surface area contributed by atoms with Crippen LogP contribution in [-0.2, 0) is 12.8 Å². The smallest absolute Gasteiger partial charge is 0.272 e. The molecule has 0 fully saturated rings. The number of hydrogen-bond donors (Lipinski definition) is 3. The minimum atomic E-state index is -0.450. The molecule has 2 amide bonds. The van der Waals surface area contributed by atoms with Gasteiger partial charge in [-0.25, -0.2) is 0 Å². The van der Waals surface area contributed by atoms with Gasteiger partial charge in [-0.2, -0.15) is 5.10 Å². The van der Waals surface area contributed by atoms with Crippen LogP contribution in [0.25, 0.3) is 11.3 Å². The minimum Gasteiger partial charge on any atom is -0.272 e. The normalized spacial score (nSPS) is 12.5. The van der Waals surface area contributed by atoms with Crippen LogP contribution >= 0.6 is 0 Å². The Balaban J connectivity index is 1.39. The van der Waals surface area contributed by atoms with Crippen LogP contribution in [0.3, 0.4) is 0 Å². The molecule has 4 rings (SSSR count). The molecule has 0 aliphatic heterocycles. The summed E-state index contributed by atoms with van der Waals surface area (Å²) in [6, 6.07) is 16.9. The molecule has 0 atom stereocenters. The molecule has 6 heteroatoms. The van der Waals surface area contributed by atoms with Gasteiger partial charge in [-0.15, -0.1) is 0 Å². The van der Waals surface area contributed by atoms with Gasteiger partial charge < -0.3 is 0 Å². The maximum atomic E-state index is 12.3. The topological polar surface area (TPSA) is 86.9 Å². The van der Waals surface area contributed by atoms with E-state index >= 15 is 0 Å². The van der Waals surface area contributed by atoms with Crippen LogP contribution in [0.1, 0.15) is 38.4 Å². The van der Waals surface area contributed by atoms with Crippen LogP contribution in [0, 0.1) is 0 Å². The number of aryl methyl sites for hydroxylation is 2. The highest BCUT2D eigenvalue weighted by Crippen LogP contribution is 2.22. The van der Waals surface area contributed by atoms with Crippen LogP contribution in [0.4, 0.5) is 0 Å². The molecule has 3 N–H and O–H groups in total. The number of rotatable bonds is 3. The van der Waals surface area contributed by atoms with Crippen LogP contribution < -0.4 is 10.9 Å². The van der Waals surface area contributed by atoms with Crippen LogP contribution in [-0.4, -0.2) is 22.0 Å². The molecule has 0 spiro atoms. The summed E-state index contributed by atoms with van der Waals surface area (Å²) in [5.74, 6) is -0.787. The van der Waals surface area contributed by atoms with Crippen molar-refractivity contribution in [2.75, 3.05) is 0 Å². The fraction of sp³-hybridized carbons (Fsp3) is 0.150. The first kappa shape index (κ1) is 16.1. The number of aromatic nitrogens is 2. The van der Waals surface area contributed by atoms with Crippen molar-refractivity contribution in [3.8, 4) is 11.3 Å². The first-order valence-corrected chi connectivity index (χ1v) is 8.54. The molecule has 1 heterocycles. The zero-order chi connectivity index (χ0) is 17.9. The zero-order valence-corrected chi connectivity index (χ0v) is 14.1. The van der Waals surface area contributed by atoms with Gasteiger partial charge in [0.2, 0.25) is 0 Å². The maximum absolute atomic E-state index is 12.3. The summed E-state index contributed by atoms with van der Waals surface area (Å²) >= 11 is 0. The van der Waals surface area contributed by atoms with Gasteiger partial charge in [0.1, 0.15) is 5.69 Å². The Labute approximate surface area is 150 Å². The van der Waals surface area contributed by atoms with Crippen molar-refractivity contribution in [1.29, 1.82) is 0 Å². The molecule has 1 aliphatic rings. The highest BCUT2D eigenvalue weighted by Gasteiger charge is 2.15. The Morgan fingerprint density at radius 3 is 2.50 bits per heavy atom. The number of fused-ring (bicyclic) bond motifs is 1. The largest absolute Gasteiger partial charge is 0.287 e. The summed E-state index contributed by atoms with van der Waals surface area (Å²) in [6.07, 6.45) is 3.19. The quantitative estimate of drug-likeness (QED) is 0.637. The van der Waals surface area contributed by atoms with Gasteiger partial charge in [-0.05, 0) is 48.6 Å². The fourth-order valence-corrected chi connectivity index (χ4v) is 3.16. The highest BCUT2D eigenvalue weighted by atomic mass is 16.2. The monoisotopic (exact) mass is 346 g/mol. The highest BCUT2D eigenvalue weighted by molar-refractivity contribution is 5.98. The van der Waals surface area contributed by atoms with Crippen molar-refractivity contribution in [1.82, 2.24) is 21.0 Å². The van der Waals surface area contributed by atoms with E-state index < -0.39 is 5.91 Å². The third-order valence-corrected chi connectivity index (χ3v) is 4.54. The number of benzene rings is 2. The Kier molecular flexibility index (Phi) is 4.23. The first-order chi connectivity index (χ1) is 12.7. The van der Waals surface area contributed by atoms with Crippen LogP contribution in [0.2, 0.25) is 0 Å². The second-order valence-electron chi connectivity index (χ2n) is 6.28. The van der Waals surface area contributed by atoms with Crippen molar-refractivity contribution in [2.24, 2.45) is 0 Å². The average molecular weight is 346 g/mol. The Morgan fingerprint density at radius 1 is 0.885 bits per heavy atom. The molecule has 2 aromatic carbocycles. The Morgan fingerprint density at radius 2 is 1.65 bits per heavy atom. The van der Waals surface area contributed by atoms with Crippen LogP contribution in [0.15, 0.2) is 54.6 Å². The fourth-order valence-electron chi connectivity index (χ4n) is 3.16. The Hall–Kier alpha value is -3.41. The molecular weight excluding hydrogens is 328 g/mol. The van der Waals surface area contributed by atoms with Gasteiger partial charge in [0.25, 0.3) is 11.8 Å². The van der Waals surface area contributed by atoms with Gasteiger partial charge >= 0.3 is 0 Å². The van der Waals surface area contributed by atoms with Crippen molar-refractivity contribution in [2.45, 2.75) is 19.3 Å². The molecule has 1 aromatic heterocycles. The molecule has 6 nitrogen and oxygen atoms in total. The Bertz CT molecular complexity index is 963. The van der Waals surface area contributed by atoms with Gasteiger partial charge in [-0.1, -0.05) is 36.4 Å². The second kappa shape index (κ2) is 6.84. The number of nitrogens with one attached hydrogen (secondary N) is 3. The third-order valence-electron chi connectivity index (χ3n) is 4.54. The van der Waals surface area contributed by atoms with Gasteiger partial charge in [-0.3, -0.25) is 25.5 Å². The van der Waals surface area contributed by atoms with E-state index in [9.17, 15) is 9.59 Å². The predicted octanol–water partition coefficient (Wildman–Crippen LogP) is 2.64. The molecule has 130 valence electrons. The molecule has 26 heavy (non-hydrogen) atoms. The molecule has 0 saturated heterocycles. The number of nitrogens with zero attached hydrogens (tertiary/aromatic N) is 1. The lowest BCUT2D eigenvalue weighted by molar-refractivity contribution is 0.0844. The van der Waals surface area contributed by atoms with Crippen LogP contribution in [0.5, 0.6) is 0 Å². The predicted molar refractivity (Wildman–Crippen MR) is 97.4 cm³/mol. The number of carbonyl (C=O) groups excluding carboxylic acids is 2. The molecule has 0 saturated carbocycles. The average Bonchev–Trinajstić information content (AvgIpc) is 3.35. The zero-order valence-electron chi connectivity index (χ0n) is 14.1. The van der Waals surface area contributed by atoms with Crippen molar-refractivity contribution >= 4 is 11.8 Å². The number of aromatic amines is 1. The standard InChI is InChI=1S/C20H18N4O2/c25-19(16-10-9-13-7-4-8-15(13)11-16)23-24-20(26)18-12-17(21-22-18)14-5-2-1-3-6-14/h1-3,5-6,9-12H,4,7-8H2,(H,21,22)(H,23,25)(H,24,26). The van der Waals surface area contributed by atoms with E-state index in [4.69, 9.17) is 0 Å². The summed E-state index contributed by atoms with van der Waals surface area (Å²) in [5.41, 5.74) is 9.78. The summed E-state index contributed by atoms with van der Waals surface area (Å²) in [7, 11) is 0. The summed E-state index contributed by atoms with van der Waals surface area (Å²) in [5, 5.41) is 6.82. The maximum Gasteiger partial charge on any atom is 0.287 e. The second-order valence-corrected chi connectivity index (χ2v) is 6.28. The van der Waals surface area contributed by atoms with Gasteiger partial charge in [0.05, 0.1) is 5.69 Å². The molecule has 0 unspecified atom stereocenters. The van der Waals surface area contributed by atoms with Crippen molar-refractivity contribution in [3.05, 3.63) is 77.0 Å². The lowest BCUT2D eigenvalue weighted by Crippen LogP contribution is -2.41.